The van der Waals surface area contributed by atoms with Gasteiger partial charge in [0.25, 0.3) is 5.91 Å². The fraction of sp³-hybridized carbons (Fsp3) is 0.250. The van der Waals surface area contributed by atoms with E-state index in [1.807, 2.05) is 73.6 Å². The Morgan fingerprint density at radius 2 is 1.92 bits per heavy atom. The summed E-state index contributed by atoms with van der Waals surface area (Å²) in [4.78, 5) is 14.1. The summed E-state index contributed by atoms with van der Waals surface area (Å²) in [6.07, 6.45) is 1.64. The molecule has 0 bridgehead atoms. The summed E-state index contributed by atoms with van der Waals surface area (Å²) >= 11 is 0. The first-order chi connectivity index (χ1) is 12.1. The van der Waals surface area contributed by atoms with Crippen LogP contribution in [0.4, 0.5) is 0 Å². The highest BCUT2D eigenvalue weighted by Crippen LogP contribution is 2.20. The van der Waals surface area contributed by atoms with Crippen molar-refractivity contribution in [2.75, 3.05) is 27.2 Å². The zero-order chi connectivity index (χ0) is 17.6. The van der Waals surface area contributed by atoms with E-state index in [9.17, 15) is 4.79 Å². The van der Waals surface area contributed by atoms with Crippen molar-refractivity contribution in [2.24, 2.45) is 0 Å². The normalized spacial score (nSPS) is 12.3. The average molecular weight is 338 g/mol. The molecule has 0 aliphatic rings. The molecule has 0 radical (unpaired) electrons. The molecule has 1 amide bonds. The Balaban J connectivity index is 1.53. The predicted octanol–water partition coefficient (Wildman–Crippen LogP) is 3.23. The second kappa shape index (κ2) is 7.85. The number of amides is 1. The quantitative estimate of drug-likeness (QED) is 0.719. The average Bonchev–Trinajstić information content (AvgIpc) is 3.14. The number of hydrogen-bond acceptors (Lipinski definition) is 4. The van der Waals surface area contributed by atoms with E-state index >= 15 is 0 Å². The van der Waals surface area contributed by atoms with Gasteiger partial charge in [-0.25, -0.2) is 0 Å². The summed E-state index contributed by atoms with van der Waals surface area (Å²) in [5, 5.41) is 5.13. The van der Waals surface area contributed by atoms with Crippen molar-refractivity contribution in [1.82, 2.24) is 10.2 Å². The lowest BCUT2D eigenvalue weighted by atomic mass is 10.1. The van der Waals surface area contributed by atoms with Gasteiger partial charge in [0.1, 0.15) is 11.5 Å². The number of benzene rings is 2. The lowest BCUT2D eigenvalue weighted by molar-refractivity contribution is -0.123. The molecular weight excluding hydrogens is 316 g/mol. The van der Waals surface area contributed by atoms with Gasteiger partial charge in [-0.3, -0.25) is 9.69 Å². The molecule has 0 aliphatic heterocycles. The van der Waals surface area contributed by atoms with E-state index in [0.717, 1.165) is 16.5 Å². The molecule has 3 rings (SSSR count). The highest BCUT2D eigenvalue weighted by atomic mass is 16.5. The second-order valence-electron chi connectivity index (χ2n) is 6.10. The van der Waals surface area contributed by atoms with Crippen LogP contribution < -0.4 is 10.1 Å². The van der Waals surface area contributed by atoms with Gasteiger partial charge in [0.2, 0.25) is 0 Å². The third-order valence-corrected chi connectivity index (χ3v) is 4.08. The lowest BCUT2D eigenvalue weighted by Crippen LogP contribution is -2.36. The Labute approximate surface area is 147 Å². The van der Waals surface area contributed by atoms with Gasteiger partial charge in [0.05, 0.1) is 12.3 Å². The van der Waals surface area contributed by atoms with Crippen LogP contribution in [0.3, 0.4) is 0 Å². The van der Waals surface area contributed by atoms with Gasteiger partial charge in [0.15, 0.2) is 6.61 Å². The van der Waals surface area contributed by atoms with Crippen LogP contribution in [0.15, 0.2) is 65.3 Å². The highest BCUT2D eigenvalue weighted by Gasteiger charge is 2.17. The van der Waals surface area contributed by atoms with Gasteiger partial charge in [-0.15, -0.1) is 0 Å². The number of furan rings is 1. The SMILES string of the molecule is CN(C)C(CNC(=O)COc1ccc2ccccc2c1)c1ccco1. The third-order valence-electron chi connectivity index (χ3n) is 4.08. The van der Waals surface area contributed by atoms with E-state index in [0.29, 0.717) is 12.3 Å². The molecule has 1 unspecified atom stereocenters. The summed E-state index contributed by atoms with van der Waals surface area (Å²) in [5.41, 5.74) is 0. The van der Waals surface area contributed by atoms with E-state index in [-0.39, 0.29) is 18.6 Å². The molecule has 1 atom stereocenters. The van der Waals surface area contributed by atoms with Crippen molar-refractivity contribution < 1.29 is 13.9 Å². The molecule has 25 heavy (non-hydrogen) atoms. The summed E-state index contributed by atoms with van der Waals surface area (Å²) in [5.74, 6) is 1.34. The van der Waals surface area contributed by atoms with Crippen LogP contribution in [-0.2, 0) is 4.79 Å². The van der Waals surface area contributed by atoms with Crippen LogP contribution in [0.1, 0.15) is 11.8 Å². The van der Waals surface area contributed by atoms with Gasteiger partial charge in [-0.05, 0) is 49.1 Å². The van der Waals surface area contributed by atoms with Crippen LogP contribution in [0.5, 0.6) is 5.75 Å². The molecule has 2 aromatic carbocycles. The van der Waals surface area contributed by atoms with Crippen molar-refractivity contribution in [3.05, 3.63) is 66.6 Å². The van der Waals surface area contributed by atoms with Crippen LogP contribution in [-0.4, -0.2) is 38.1 Å². The number of hydrogen-bond donors (Lipinski definition) is 1. The zero-order valence-corrected chi connectivity index (χ0v) is 14.4. The Morgan fingerprint density at radius 1 is 1.12 bits per heavy atom. The fourth-order valence-electron chi connectivity index (χ4n) is 2.69. The molecule has 0 saturated carbocycles. The molecule has 130 valence electrons. The first kappa shape index (κ1) is 17.0. The number of carbonyl (C=O) groups excluding carboxylic acids is 1. The van der Waals surface area contributed by atoms with E-state index < -0.39 is 0 Å². The van der Waals surface area contributed by atoms with Crippen LogP contribution in [0, 0.1) is 0 Å². The Morgan fingerprint density at radius 3 is 2.64 bits per heavy atom. The molecule has 1 N–H and O–H groups in total. The van der Waals surface area contributed by atoms with Crippen molar-refractivity contribution in [2.45, 2.75) is 6.04 Å². The van der Waals surface area contributed by atoms with Crippen molar-refractivity contribution in [3.8, 4) is 5.75 Å². The molecule has 3 aromatic rings. The topological polar surface area (TPSA) is 54.7 Å². The van der Waals surface area contributed by atoms with E-state index in [1.165, 1.54) is 0 Å². The first-order valence-electron chi connectivity index (χ1n) is 8.21. The second-order valence-corrected chi connectivity index (χ2v) is 6.10. The Hall–Kier alpha value is -2.79. The van der Waals surface area contributed by atoms with Crippen molar-refractivity contribution in [1.29, 1.82) is 0 Å². The molecule has 1 aromatic heterocycles. The third kappa shape index (κ3) is 4.39. The Kier molecular flexibility index (Phi) is 5.36. The number of rotatable bonds is 7. The zero-order valence-electron chi connectivity index (χ0n) is 14.4. The molecule has 0 fully saturated rings. The van der Waals surface area contributed by atoms with E-state index in [2.05, 4.69) is 5.32 Å². The smallest absolute Gasteiger partial charge is 0.258 e. The van der Waals surface area contributed by atoms with Gasteiger partial charge in [-0.1, -0.05) is 30.3 Å². The lowest BCUT2D eigenvalue weighted by Gasteiger charge is -2.22. The van der Waals surface area contributed by atoms with Gasteiger partial charge >= 0.3 is 0 Å². The summed E-state index contributed by atoms with van der Waals surface area (Å²) in [7, 11) is 3.90. The number of nitrogens with zero attached hydrogens (tertiary/aromatic N) is 1. The number of carbonyl (C=O) groups is 1. The van der Waals surface area contributed by atoms with Gasteiger partial charge in [0, 0.05) is 6.54 Å². The molecule has 0 saturated heterocycles. The number of fused-ring (bicyclic) bond motifs is 1. The highest BCUT2D eigenvalue weighted by molar-refractivity contribution is 5.84. The van der Waals surface area contributed by atoms with Gasteiger partial charge < -0.3 is 14.5 Å². The minimum Gasteiger partial charge on any atom is -0.484 e. The first-order valence-corrected chi connectivity index (χ1v) is 8.21. The Bertz CT molecular complexity index is 828. The maximum Gasteiger partial charge on any atom is 0.258 e. The monoisotopic (exact) mass is 338 g/mol. The molecule has 0 spiro atoms. The maximum atomic E-state index is 12.1. The molecule has 1 heterocycles. The van der Waals surface area contributed by atoms with Crippen molar-refractivity contribution in [3.63, 3.8) is 0 Å². The molecule has 5 heteroatoms. The molecule has 5 nitrogen and oxygen atoms in total. The number of likely N-dealkylation sites (N-methyl/N-ethyl adjacent to an activating group) is 1. The standard InChI is InChI=1S/C20H22N2O3/c1-22(2)18(19-8-5-11-24-19)13-21-20(23)14-25-17-10-9-15-6-3-4-7-16(15)12-17/h3-12,18H,13-14H2,1-2H3,(H,21,23). The van der Waals surface area contributed by atoms with Gasteiger partial charge in [-0.2, -0.15) is 0 Å². The fourth-order valence-corrected chi connectivity index (χ4v) is 2.69. The van der Waals surface area contributed by atoms with Crippen molar-refractivity contribution >= 4 is 16.7 Å². The molecule has 0 aliphatic carbocycles. The van der Waals surface area contributed by atoms with E-state index in [1.54, 1.807) is 6.26 Å². The van der Waals surface area contributed by atoms with Crippen LogP contribution in [0.2, 0.25) is 0 Å². The molecular formula is C20H22N2O3. The predicted molar refractivity (Wildman–Crippen MR) is 97.6 cm³/mol. The van der Waals surface area contributed by atoms with Crippen LogP contribution >= 0.6 is 0 Å². The summed E-state index contributed by atoms with van der Waals surface area (Å²) in [6, 6.07) is 17.6. The van der Waals surface area contributed by atoms with E-state index in [4.69, 9.17) is 9.15 Å². The largest absolute Gasteiger partial charge is 0.484 e. The van der Waals surface area contributed by atoms with Crippen LogP contribution in [0.25, 0.3) is 10.8 Å². The summed E-state index contributed by atoms with van der Waals surface area (Å²) < 4.78 is 11.0. The summed E-state index contributed by atoms with van der Waals surface area (Å²) in [6.45, 7) is 0.442. The number of nitrogens with one attached hydrogen (secondary N) is 1. The number of ether oxygens (including phenoxy) is 1. The maximum absolute atomic E-state index is 12.1. The minimum atomic E-state index is -0.161. The minimum absolute atomic E-state index is 0.0142.